The van der Waals surface area contributed by atoms with Crippen molar-refractivity contribution in [1.29, 1.82) is 0 Å². The van der Waals surface area contributed by atoms with Crippen LogP contribution >= 0.6 is 0 Å². The molecule has 3 heteroatoms. The number of aromatic nitrogens is 1. The molecule has 1 aromatic heterocycles. The Morgan fingerprint density at radius 1 is 1.16 bits per heavy atom. The lowest BCUT2D eigenvalue weighted by atomic mass is 9.74. The smallest absolute Gasteiger partial charge is 0.136 e. The molecule has 2 unspecified atom stereocenters. The van der Waals surface area contributed by atoms with Gasteiger partial charge in [0.25, 0.3) is 0 Å². The van der Waals surface area contributed by atoms with E-state index in [1.54, 1.807) is 0 Å². The lowest BCUT2D eigenvalue weighted by Crippen LogP contribution is -2.48. The number of pyridine rings is 1. The maximum atomic E-state index is 12.4. The number of rotatable bonds is 4. The number of allylic oxidation sites excluding steroid dienone is 1. The van der Waals surface area contributed by atoms with Gasteiger partial charge in [0.2, 0.25) is 0 Å². The van der Waals surface area contributed by atoms with E-state index in [1.807, 2.05) is 12.4 Å². The number of hydrogen-bond donors (Lipinski definition) is 0. The minimum atomic E-state index is -0.300. The van der Waals surface area contributed by atoms with Crippen molar-refractivity contribution in [2.24, 2.45) is 5.92 Å². The van der Waals surface area contributed by atoms with Gasteiger partial charge >= 0.3 is 0 Å². The van der Waals surface area contributed by atoms with Crippen LogP contribution < -0.4 is 0 Å². The predicted molar refractivity (Wildman–Crippen MR) is 128 cm³/mol. The van der Waals surface area contributed by atoms with Crippen LogP contribution in [0.25, 0.3) is 10.8 Å². The summed E-state index contributed by atoms with van der Waals surface area (Å²) in [5.74, 6) is 1.48. The van der Waals surface area contributed by atoms with E-state index < -0.39 is 0 Å². The number of carbonyl (C=O) groups excluding carboxylic acids is 1. The molecule has 3 nitrogen and oxygen atoms in total. The average Bonchev–Trinajstić information content (AvgIpc) is 3.43. The van der Waals surface area contributed by atoms with Gasteiger partial charge in [0.1, 0.15) is 5.78 Å². The number of Topliss-reactive ketones (excluding diaryl/α,β-unsaturated/α-hetero) is 1. The van der Waals surface area contributed by atoms with E-state index in [4.69, 9.17) is 4.74 Å². The van der Waals surface area contributed by atoms with Crippen molar-refractivity contribution in [2.45, 2.75) is 88.3 Å². The minimum Gasteiger partial charge on any atom is -0.359 e. The molecule has 0 radical (unpaired) electrons. The Morgan fingerprint density at radius 3 is 3.00 bits per heavy atom. The first-order chi connectivity index (χ1) is 15.6. The van der Waals surface area contributed by atoms with Gasteiger partial charge in [0.05, 0.1) is 11.2 Å². The van der Waals surface area contributed by atoms with E-state index >= 15 is 0 Å². The topological polar surface area (TPSA) is 39.2 Å². The number of fused-ring (bicyclic) bond motifs is 2. The second kappa shape index (κ2) is 7.66. The summed E-state index contributed by atoms with van der Waals surface area (Å²) < 4.78 is 7.13. The van der Waals surface area contributed by atoms with Gasteiger partial charge in [0, 0.05) is 30.6 Å². The zero-order valence-electron chi connectivity index (χ0n) is 19.1. The molecule has 2 aromatic rings. The zero-order chi connectivity index (χ0) is 21.8. The number of unbranched alkanes of at least 4 members (excludes halogenated alkanes) is 1. The Balaban J connectivity index is 1.32. The fraction of sp³-hybridized carbons (Fsp3) is 0.517. The van der Waals surface area contributed by atoms with Gasteiger partial charge in [-0.3, -0.25) is 9.78 Å². The molecule has 6 rings (SSSR count). The third-order valence-electron chi connectivity index (χ3n) is 8.72. The molecular weight excluding hydrogens is 394 g/mol. The van der Waals surface area contributed by atoms with Crippen LogP contribution in [0, 0.1) is 5.92 Å². The number of carbonyl (C=O) groups is 1. The minimum absolute atomic E-state index is 0.191. The molecule has 1 saturated heterocycles. The molecule has 4 atom stereocenters. The number of ketones is 1. The van der Waals surface area contributed by atoms with Crippen LogP contribution in [0.15, 0.2) is 60.0 Å². The highest BCUT2D eigenvalue weighted by Crippen LogP contribution is 2.61. The van der Waals surface area contributed by atoms with Crippen LogP contribution in [0.5, 0.6) is 0 Å². The van der Waals surface area contributed by atoms with Crippen molar-refractivity contribution in [3.8, 4) is 0 Å². The van der Waals surface area contributed by atoms with Crippen molar-refractivity contribution in [3.05, 3.63) is 65.5 Å². The maximum absolute atomic E-state index is 12.4. The monoisotopic (exact) mass is 427 g/mol. The summed E-state index contributed by atoms with van der Waals surface area (Å²) in [6, 6.07) is 8.99. The molecule has 3 fully saturated rings. The van der Waals surface area contributed by atoms with Crippen LogP contribution in [0.4, 0.5) is 0 Å². The quantitative estimate of drug-likeness (QED) is 0.537. The van der Waals surface area contributed by atoms with Crippen LogP contribution in [0.2, 0.25) is 0 Å². The zero-order valence-corrected chi connectivity index (χ0v) is 19.1. The lowest BCUT2D eigenvalue weighted by Gasteiger charge is -2.46. The van der Waals surface area contributed by atoms with Gasteiger partial charge in [-0.2, -0.15) is 0 Å². The third kappa shape index (κ3) is 3.12. The van der Waals surface area contributed by atoms with Crippen molar-refractivity contribution in [1.82, 2.24) is 4.98 Å². The van der Waals surface area contributed by atoms with Crippen LogP contribution in [0.3, 0.4) is 0 Å². The Kier molecular flexibility index (Phi) is 4.87. The molecule has 0 N–H and O–H groups in total. The standard InChI is InChI=1S/C29H33NO2/c1-2-3-4-25-17-24-9-10-27(31)18-28(24)12-13-29(25,32-28)26-8-7-22(16-26)21-6-5-20-11-14-30-19-23(20)15-21/h4-6,11,14-15,17,19,22,26H,2-3,7-10,12-13,16,18H2,1H3/b25-4-/t22?,26?,28-,29-/m1/s1. The summed E-state index contributed by atoms with van der Waals surface area (Å²) in [6.45, 7) is 2.25. The van der Waals surface area contributed by atoms with Gasteiger partial charge < -0.3 is 4.74 Å². The highest BCUT2D eigenvalue weighted by Gasteiger charge is 2.60. The van der Waals surface area contributed by atoms with E-state index in [-0.39, 0.29) is 11.2 Å². The summed E-state index contributed by atoms with van der Waals surface area (Å²) in [5.41, 5.74) is 3.76. The average molecular weight is 428 g/mol. The number of hydrogen-bond acceptors (Lipinski definition) is 3. The predicted octanol–water partition coefficient (Wildman–Crippen LogP) is 6.83. The van der Waals surface area contributed by atoms with Gasteiger partial charge in [-0.15, -0.1) is 0 Å². The molecule has 0 amide bonds. The van der Waals surface area contributed by atoms with E-state index in [0.29, 0.717) is 30.5 Å². The molecule has 4 aliphatic rings. The first-order valence-corrected chi connectivity index (χ1v) is 12.6. The number of benzene rings is 1. The maximum Gasteiger partial charge on any atom is 0.136 e. The van der Waals surface area contributed by atoms with Gasteiger partial charge in [-0.25, -0.2) is 0 Å². The molecule has 3 heterocycles. The third-order valence-corrected chi connectivity index (χ3v) is 8.72. The van der Waals surface area contributed by atoms with Crippen LogP contribution in [-0.4, -0.2) is 22.0 Å². The normalized spacial score (nSPS) is 35.3. The van der Waals surface area contributed by atoms with E-state index in [2.05, 4.69) is 48.3 Å². The van der Waals surface area contributed by atoms with Crippen molar-refractivity contribution >= 4 is 16.6 Å². The number of ether oxygens (including phenoxy) is 1. The second-order valence-electron chi connectivity index (χ2n) is 10.5. The van der Waals surface area contributed by atoms with E-state index in [0.717, 1.165) is 32.1 Å². The van der Waals surface area contributed by atoms with Gasteiger partial charge in [0.15, 0.2) is 0 Å². The van der Waals surface area contributed by atoms with Crippen LogP contribution in [-0.2, 0) is 9.53 Å². The fourth-order valence-corrected chi connectivity index (χ4v) is 7.05. The summed E-state index contributed by atoms with van der Waals surface area (Å²) in [6.07, 6.45) is 18.8. The Hall–Kier alpha value is -2.26. The summed E-state index contributed by atoms with van der Waals surface area (Å²) in [7, 11) is 0. The summed E-state index contributed by atoms with van der Waals surface area (Å²) in [4.78, 5) is 16.7. The van der Waals surface area contributed by atoms with Gasteiger partial charge in [-0.1, -0.05) is 37.6 Å². The number of nitrogens with zero attached hydrogens (tertiary/aromatic N) is 1. The largest absolute Gasteiger partial charge is 0.359 e. The van der Waals surface area contributed by atoms with Gasteiger partial charge in [-0.05, 0) is 91.0 Å². The molecule has 1 spiro atoms. The van der Waals surface area contributed by atoms with Crippen LogP contribution in [0.1, 0.15) is 82.6 Å². The Morgan fingerprint density at radius 2 is 2.09 bits per heavy atom. The molecule has 32 heavy (non-hydrogen) atoms. The Labute approximate surface area is 191 Å². The molecule has 2 saturated carbocycles. The van der Waals surface area contributed by atoms with Crippen molar-refractivity contribution in [2.75, 3.05) is 0 Å². The molecular formula is C29H33NO2. The summed E-state index contributed by atoms with van der Waals surface area (Å²) >= 11 is 0. The molecule has 2 aliphatic heterocycles. The fourth-order valence-electron chi connectivity index (χ4n) is 7.05. The Bertz CT molecular complexity index is 1130. The molecule has 1 aromatic carbocycles. The van der Waals surface area contributed by atoms with E-state index in [1.165, 1.54) is 46.7 Å². The lowest BCUT2D eigenvalue weighted by molar-refractivity contribution is -0.137. The van der Waals surface area contributed by atoms with Crippen molar-refractivity contribution in [3.63, 3.8) is 0 Å². The SMILES string of the molecule is CCC/C=C1/C=C2CCC(=O)C[C@]23CC[C@@]1(C1CCC(c2ccc4ccncc4c2)C1)O3. The highest BCUT2D eigenvalue weighted by atomic mass is 16.5. The first kappa shape index (κ1) is 20.4. The summed E-state index contributed by atoms with van der Waals surface area (Å²) in [5, 5.41) is 2.49. The molecule has 2 bridgehead atoms. The first-order valence-electron chi connectivity index (χ1n) is 12.6. The second-order valence-corrected chi connectivity index (χ2v) is 10.5. The highest BCUT2D eigenvalue weighted by molar-refractivity contribution is 5.83. The molecule has 2 aliphatic carbocycles. The van der Waals surface area contributed by atoms with Crippen molar-refractivity contribution < 1.29 is 9.53 Å². The molecule has 166 valence electrons. The van der Waals surface area contributed by atoms with E-state index in [9.17, 15) is 4.79 Å².